The van der Waals surface area contributed by atoms with Crippen LogP contribution in [-0.2, 0) is 9.59 Å². The third-order valence-corrected chi connectivity index (χ3v) is 6.11. The largest absolute Gasteiger partial charge is 0.507 e. The number of benzene rings is 3. The molecular formula is C28H25F2NO4. The fraction of sp³-hybridized carbons (Fsp3) is 0.214. The standard InChI is InChI=1S/C28H25F2NO4/c1-15(2)20-13-18(8-11-23(20)35-4)26(32)24-25(17-7-5-6-16(3)12-17)31(28(34)27(24)33)19-9-10-21(29)22(30)14-19/h5-15,25,32H,1-4H3/b26-24-. The van der Waals surface area contributed by atoms with Crippen LogP contribution in [0.15, 0.2) is 66.2 Å². The molecule has 35 heavy (non-hydrogen) atoms. The number of carbonyl (C=O) groups excluding carboxylic acids is 2. The molecular weight excluding hydrogens is 452 g/mol. The van der Waals surface area contributed by atoms with Crippen molar-refractivity contribution in [2.24, 2.45) is 0 Å². The summed E-state index contributed by atoms with van der Waals surface area (Å²) < 4.78 is 33.1. The van der Waals surface area contributed by atoms with E-state index in [1.807, 2.05) is 26.8 Å². The molecule has 1 fully saturated rings. The molecule has 4 rings (SSSR count). The normalized spacial score (nSPS) is 17.3. The highest BCUT2D eigenvalue weighted by Gasteiger charge is 2.47. The van der Waals surface area contributed by atoms with Crippen LogP contribution in [0.1, 0.15) is 48.1 Å². The summed E-state index contributed by atoms with van der Waals surface area (Å²) in [4.78, 5) is 27.5. The third-order valence-electron chi connectivity index (χ3n) is 6.11. The summed E-state index contributed by atoms with van der Waals surface area (Å²) in [5, 5.41) is 11.3. The zero-order valence-corrected chi connectivity index (χ0v) is 19.8. The molecule has 1 aliphatic heterocycles. The summed E-state index contributed by atoms with van der Waals surface area (Å²) in [6, 6.07) is 14.1. The minimum atomic E-state index is -1.15. The van der Waals surface area contributed by atoms with Gasteiger partial charge in [0, 0.05) is 17.3 Å². The summed E-state index contributed by atoms with van der Waals surface area (Å²) in [6.07, 6.45) is 0. The molecule has 1 atom stereocenters. The molecule has 180 valence electrons. The number of aliphatic hydroxyl groups excluding tert-OH is 1. The second-order valence-corrected chi connectivity index (χ2v) is 8.79. The zero-order chi connectivity index (χ0) is 25.4. The molecule has 0 spiro atoms. The Labute approximate surface area is 202 Å². The number of ether oxygens (including phenoxy) is 1. The van der Waals surface area contributed by atoms with E-state index in [1.54, 1.807) is 43.5 Å². The summed E-state index contributed by atoms with van der Waals surface area (Å²) in [7, 11) is 1.55. The van der Waals surface area contributed by atoms with Gasteiger partial charge in [0.2, 0.25) is 0 Å². The first kappa shape index (κ1) is 24.1. The maximum absolute atomic E-state index is 14.1. The van der Waals surface area contributed by atoms with Crippen LogP contribution in [0.3, 0.4) is 0 Å². The zero-order valence-electron chi connectivity index (χ0n) is 19.8. The molecule has 0 saturated carbocycles. The summed E-state index contributed by atoms with van der Waals surface area (Å²) in [5.41, 5.74) is 2.45. The summed E-state index contributed by atoms with van der Waals surface area (Å²) >= 11 is 0. The quantitative estimate of drug-likeness (QED) is 0.277. The van der Waals surface area contributed by atoms with Crippen molar-refractivity contribution in [3.05, 3.63) is 100 Å². The van der Waals surface area contributed by atoms with E-state index >= 15 is 0 Å². The van der Waals surface area contributed by atoms with Gasteiger partial charge in [-0.15, -0.1) is 0 Å². The van der Waals surface area contributed by atoms with Gasteiger partial charge in [-0.3, -0.25) is 14.5 Å². The molecule has 7 heteroatoms. The Morgan fingerprint density at radius 1 is 1.00 bits per heavy atom. The Kier molecular flexibility index (Phi) is 6.43. The lowest BCUT2D eigenvalue weighted by molar-refractivity contribution is -0.132. The molecule has 1 amide bonds. The number of amides is 1. The van der Waals surface area contributed by atoms with Crippen LogP contribution in [0.5, 0.6) is 5.75 Å². The van der Waals surface area contributed by atoms with Gasteiger partial charge in [-0.25, -0.2) is 8.78 Å². The first-order valence-corrected chi connectivity index (χ1v) is 11.1. The predicted octanol–water partition coefficient (Wildman–Crippen LogP) is 6.03. The van der Waals surface area contributed by atoms with Crippen molar-refractivity contribution in [2.75, 3.05) is 12.0 Å². The molecule has 5 nitrogen and oxygen atoms in total. The van der Waals surface area contributed by atoms with Gasteiger partial charge in [-0.05, 0) is 54.3 Å². The number of methoxy groups -OCH3 is 1. The third kappa shape index (κ3) is 4.30. The van der Waals surface area contributed by atoms with Crippen molar-refractivity contribution < 1.29 is 28.2 Å². The highest BCUT2D eigenvalue weighted by molar-refractivity contribution is 6.51. The number of hydrogen-bond acceptors (Lipinski definition) is 4. The average Bonchev–Trinajstić information content (AvgIpc) is 3.10. The van der Waals surface area contributed by atoms with Gasteiger partial charge in [0.15, 0.2) is 11.6 Å². The lowest BCUT2D eigenvalue weighted by atomic mass is 9.92. The van der Waals surface area contributed by atoms with Crippen molar-refractivity contribution in [1.82, 2.24) is 0 Å². The first-order valence-electron chi connectivity index (χ1n) is 11.1. The maximum Gasteiger partial charge on any atom is 0.300 e. The van der Waals surface area contributed by atoms with Gasteiger partial charge >= 0.3 is 0 Å². The number of nitrogens with zero attached hydrogens (tertiary/aromatic N) is 1. The van der Waals surface area contributed by atoms with E-state index in [0.717, 1.165) is 28.2 Å². The molecule has 0 radical (unpaired) electrons. The van der Waals surface area contributed by atoms with Gasteiger partial charge in [-0.2, -0.15) is 0 Å². The average molecular weight is 478 g/mol. The van der Waals surface area contributed by atoms with E-state index in [1.165, 1.54) is 6.07 Å². The van der Waals surface area contributed by atoms with Crippen LogP contribution in [0.25, 0.3) is 5.76 Å². The molecule has 1 heterocycles. The number of rotatable bonds is 5. The fourth-order valence-corrected chi connectivity index (χ4v) is 4.38. The number of aliphatic hydroxyl groups is 1. The molecule has 0 aromatic heterocycles. The molecule has 1 aliphatic rings. The number of halogens is 2. The molecule has 0 aliphatic carbocycles. The lowest BCUT2D eigenvalue weighted by Crippen LogP contribution is -2.29. The van der Waals surface area contributed by atoms with E-state index in [9.17, 15) is 23.5 Å². The van der Waals surface area contributed by atoms with Crippen LogP contribution in [0.2, 0.25) is 0 Å². The number of ketones is 1. The molecule has 0 bridgehead atoms. The van der Waals surface area contributed by atoms with Crippen molar-refractivity contribution in [3.8, 4) is 5.75 Å². The highest BCUT2D eigenvalue weighted by Crippen LogP contribution is 2.43. The molecule has 3 aromatic carbocycles. The SMILES string of the molecule is COc1ccc(/C(O)=C2/C(=O)C(=O)N(c3ccc(F)c(F)c3)C2c2cccc(C)c2)cc1C(C)C. The van der Waals surface area contributed by atoms with Crippen LogP contribution in [0.4, 0.5) is 14.5 Å². The molecule has 1 unspecified atom stereocenters. The maximum atomic E-state index is 14.1. The lowest BCUT2D eigenvalue weighted by Gasteiger charge is -2.26. The Hall–Kier alpha value is -4.00. The van der Waals surface area contributed by atoms with Gasteiger partial charge in [0.05, 0.1) is 18.7 Å². The summed E-state index contributed by atoms with van der Waals surface area (Å²) in [6.45, 7) is 5.79. The second-order valence-electron chi connectivity index (χ2n) is 8.79. The van der Waals surface area contributed by atoms with Crippen LogP contribution in [0, 0.1) is 18.6 Å². The Morgan fingerprint density at radius 3 is 2.37 bits per heavy atom. The van der Waals surface area contributed by atoms with E-state index in [-0.39, 0.29) is 22.9 Å². The van der Waals surface area contributed by atoms with Gasteiger partial charge in [0.1, 0.15) is 11.5 Å². The number of Topliss-reactive ketones (excluding diaryl/α,β-unsaturated/α-hetero) is 1. The van der Waals surface area contributed by atoms with Gasteiger partial charge in [0.25, 0.3) is 11.7 Å². The number of hydrogen-bond donors (Lipinski definition) is 1. The van der Waals surface area contributed by atoms with E-state index in [2.05, 4.69) is 0 Å². The molecule has 1 N–H and O–H groups in total. The number of aryl methyl sites for hydroxylation is 1. The van der Waals surface area contributed by atoms with E-state index in [4.69, 9.17) is 4.74 Å². The highest BCUT2D eigenvalue weighted by atomic mass is 19.2. The minimum Gasteiger partial charge on any atom is -0.507 e. The van der Waals surface area contributed by atoms with E-state index in [0.29, 0.717) is 16.9 Å². The second kappa shape index (κ2) is 9.33. The van der Waals surface area contributed by atoms with Crippen LogP contribution < -0.4 is 9.64 Å². The smallest absolute Gasteiger partial charge is 0.300 e. The van der Waals surface area contributed by atoms with Gasteiger partial charge < -0.3 is 9.84 Å². The van der Waals surface area contributed by atoms with Crippen molar-refractivity contribution in [2.45, 2.75) is 32.7 Å². The molecule has 3 aromatic rings. The van der Waals surface area contributed by atoms with E-state index < -0.39 is 29.4 Å². The van der Waals surface area contributed by atoms with Crippen LogP contribution in [-0.4, -0.2) is 23.9 Å². The van der Waals surface area contributed by atoms with Gasteiger partial charge in [-0.1, -0.05) is 43.7 Å². The topological polar surface area (TPSA) is 66.8 Å². The number of carbonyl (C=O) groups is 2. The van der Waals surface area contributed by atoms with Crippen molar-refractivity contribution >= 4 is 23.1 Å². The monoisotopic (exact) mass is 477 g/mol. The Bertz CT molecular complexity index is 1360. The Morgan fingerprint density at radius 2 is 1.74 bits per heavy atom. The van der Waals surface area contributed by atoms with Crippen LogP contribution >= 0.6 is 0 Å². The first-order chi connectivity index (χ1) is 16.6. The predicted molar refractivity (Wildman–Crippen MR) is 129 cm³/mol. The number of anilines is 1. The van der Waals surface area contributed by atoms with Crippen molar-refractivity contribution in [1.29, 1.82) is 0 Å². The van der Waals surface area contributed by atoms with Crippen molar-refractivity contribution in [3.63, 3.8) is 0 Å². The minimum absolute atomic E-state index is 0.00848. The Balaban J connectivity index is 1.96. The fourth-order valence-electron chi connectivity index (χ4n) is 4.38. The molecule has 1 saturated heterocycles. The summed E-state index contributed by atoms with van der Waals surface area (Å²) in [5.74, 6) is -3.74.